The molecule has 1 aliphatic heterocycles. The second-order valence-corrected chi connectivity index (χ2v) is 7.03. The van der Waals surface area contributed by atoms with Crippen molar-refractivity contribution in [3.05, 3.63) is 78.0 Å². The van der Waals surface area contributed by atoms with Crippen LogP contribution in [-0.2, 0) is 6.42 Å². The van der Waals surface area contributed by atoms with E-state index in [-0.39, 0.29) is 23.7 Å². The molecule has 3 heterocycles. The first-order valence-corrected chi connectivity index (χ1v) is 9.42. The van der Waals surface area contributed by atoms with Crippen molar-refractivity contribution in [2.75, 3.05) is 12.3 Å². The Kier molecular flexibility index (Phi) is 4.96. The van der Waals surface area contributed by atoms with Gasteiger partial charge in [0.25, 0.3) is 5.91 Å². The highest BCUT2D eigenvalue weighted by Gasteiger charge is 2.36. The summed E-state index contributed by atoms with van der Waals surface area (Å²) in [6.07, 6.45) is 4.37. The van der Waals surface area contributed by atoms with E-state index in [0.717, 1.165) is 11.1 Å². The van der Waals surface area contributed by atoms with Crippen molar-refractivity contribution in [2.45, 2.75) is 25.8 Å². The molecule has 7 heteroatoms. The van der Waals surface area contributed by atoms with Gasteiger partial charge in [-0.25, -0.2) is 14.4 Å². The van der Waals surface area contributed by atoms with Gasteiger partial charge < -0.3 is 10.6 Å². The molecule has 0 unspecified atom stereocenters. The number of hydrogen-bond acceptors (Lipinski definition) is 5. The van der Waals surface area contributed by atoms with Crippen LogP contribution in [0.3, 0.4) is 0 Å². The third kappa shape index (κ3) is 3.44. The minimum atomic E-state index is -0.346. The Morgan fingerprint density at radius 3 is 2.86 bits per heavy atom. The number of hydrogen-bond donors (Lipinski definition) is 1. The van der Waals surface area contributed by atoms with Crippen LogP contribution in [0, 0.1) is 19.7 Å². The van der Waals surface area contributed by atoms with E-state index in [0.29, 0.717) is 41.9 Å². The third-order valence-corrected chi connectivity index (χ3v) is 5.17. The number of fused-ring (bicyclic) bond motifs is 1. The Morgan fingerprint density at radius 2 is 2.14 bits per heavy atom. The van der Waals surface area contributed by atoms with E-state index in [1.165, 1.54) is 12.1 Å². The fourth-order valence-corrected chi connectivity index (χ4v) is 3.96. The number of benzene rings is 1. The van der Waals surface area contributed by atoms with Crippen molar-refractivity contribution >= 4 is 11.9 Å². The summed E-state index contributed by atoms with van der Waals surface area (Å²) in [6, 6.07) is 7.98. The van der Waals surface area contributed by atoms with Crippen LogP contribution in [0.25, 0.3) is 11.1 Å². The van der Waals surface area contributed by atoms with Crippen LogP contribution in [-0.4, -0.2) is 32.3 Å². The van der Waals surface area contributed by atoms with Crippen molar-refractivity contribution in [1.82, 2.24) is 19.9 Å². The lowest BCUT2D eigenvalue weighted by Gasteiger charge is -2.37. The summed E-state index contributed by atoms with van der Waals surface area (Å²) >= 11 is 0. The van der Waals surface area contributed by atoms with Gasteiger partial charge in [-0.2, -0.15) is 0 Å². The average molecular weight is 390 g/mol. The van der Waals surface area contributed by atoms with Crippen molar-refractivity contribution < 1.29 is 9.18 Å². The molecule has 147 valence electrons. The first-order chi connectivity index (χ1) is 14.0. The number of aromatic nitrogens is 3. The molecule has 2 aromatic heterocycles. The van der Waals surface area contributed by atoms with Crippen LogP contribution in [0.5, 0.6) is 0 Å². The second-order valence-electron chi connectivity index (χ2n) is 7.03. The van der Waals surface area contributed by atoms with Crippen LogP contribution in [0.15, 0.2) is 42.7 Å². The van der Waals surface area contributed by atoms with Gasteiger partial charge in [0.05, 0.1) is 23.0 Å². The van der Waals surface area contributed by atoms with Crippen LogP contribution < -0.4 is 5.73 Å². The number of nitrogens with zero attached hydrogens (tertiary/aromatic N) is 4. The van der Waals surface area contributed by atoms with E-state index in [9.17, 15) is 9.18 Å². The molecule has 1 aliphatic rings. The number of carbonyl (C=O) groups excluding carboxylic acids is 1. The largest absolute Gasteiger partial charge is 0.368 e. The summed E-state index contributed by atoms with van der Waals surface area (Å²) in [5.74, 6) is -0.356. The molecule has 0 bridgehead atoms. The van der Waals surface area contributed by atoms with Crippen LogP contribution in [0.1, 0.15) is 39.8 Å². The second kappa shape index (κ2) is 7.58. The summed E-state index contributed by atoms with van der Waals surface area (Å²) in [5, 5.41) is 0. The summed E-state index contributed by atoms with van der Waals surface area (Å²) in [4.78, 5) is 27.7. The highest BCUT2D eigenvalue weighted by atomic mass is 19.1. The molecule has 0 fully saturated rings. The molecular weight excluding hydrogens is 369 g/mol. The predicted molar refractivity (Wildman–Crippen MR) is 108 cm³/mol. The molecule has 2 N–H and O–H groups in total. The number of anilines is 1. The molecule has 4 rings (SSSR count). The van der Waals surface area contributed by atoms with Crippen LogP contribution >= 0.6 is 0 Å². The zero-order chi connectivity index (χ0) is 20.5. The smallest absolute Gasteiger partial charge is 0.258 e. The van der Waals surface area contributed by atoms with Gasteiger partial charge in [0.2, 0.25) is 5.95 Å². The van der Waals surface area contributed by atoms with Crippen molar-refractivity contribution in [2.24, 2.45) is 0 Å². The SMILES string of the molecule is [CH2]CCN1C(=O)c2c(C)nc(N)nc2C[C@@H]1c1ccc(F)cc1-c1cccnc1. The standard InChI is InChI=1S/C22H21FN5O/c1-3-9-28-19(11-18-20(21(28)29)13(2)26-22(24)27-18)16-7-6-15(23)10-17(16)14-5-4-8-25-12-14/h4-8,10,12,19H,1,3,9,11H2,2H3,(H2,24,26,27)/t19-/m1/s1. The van der Waals surface area contributed by atoms with E-state index < -0.39 is 0 Å². The minimum absolute atomic E-state index is 0.144. The Labute approximate surface area is 168 Å². The first-order valence-electron chi connectivity index (χ1n) is 9.42. The summed E-state index contributed by atoms with van der Waals surface area (Å²) in [7, 11) is 0. The molecule has 0 saturated heterocycles. The molecule has 1 amide bonds. The summed E-state index contributed by atoms with van der Waals surface area (Å²) in [6.45, 7) is 6.14. The number of pyridine rings is 1. The number of amides is 1. The molecule has 1 radical (unpaired) electrons. The summed E-state index contributed by atoms with van der Waals surface area (Å²) < 4.78 is 14.1. The molecule has 1 atom stereocenters. The Morgan fingerprint density at radius 1 is 1.31 bits per heavy atom. The number of nitrogens with two attached hydrogens (primary N) is 1. The third-order valence-electron chi connectivity index (χ3n) is 5.17. The van der Waals surface area contributed by atoms with Gasteiger partial charge in [-0.05, 0) is 42.7 Å². The first kappa shape index (κ1) is 19.0. The van der Waals surface area contributed by atoms with Crippen molar-refractivity contribution in [1.29, 1.82) is 0 Å². The number of carbonyl (C=O) groups is 1. The molecule has 6 nitrogen and oxygen atoms in total. The van der Waals surface area contributed by atoms with E-state index in [1.807, 2.05) is 6.07 Å². The lowest BCUT2D eigenvalue weighted by molar-refractivity contribution is 0.0647. The van der Waals surface area contributed by atoms with Crippen molar-refractivity contribution in [3.63, 3.8) is 0 Å². The average Bonchev–Trinajstić information content (AvgIpc) is 2.70. The van der Waals surface area contributed by atoms with Crippen LogP contribution in [0.4, 0.5) is 10.3 Å². The zero-order valence-electron chi connectivity index (χ0n) is 16.1. The van der Waals surface area contributed by atoms with Gasteiger partial charge >= 0.3 is 0 Å². The lowest BCUT2D eigenvalue weighted by Crippen LogP contribution is -2.42. The Bertz CT molecular complexity index is 1070. The lowest BCUT2D eigenvalue weighted by atomic mass is 9.87. The van der Waals surface area contributed by atoms with Gasteiger partial charge in [-0.15, -0.1) is 0 Å². The minimum Gasteiger partial charge on any atom is -0.368 e. The zero-order valence-corrected chi connectivity index (χ0v) is 16.1. The van der Waals surface area contributed by atoms with Gasteiger partial charge in [-0.3, -0.25) is 9.78 Å². The molecule has 0 spiro atoms. The number of halogens is 1. The van der Waals surface area contributed by atoms with Crippen molar-refractivity contribution in [3.8, 4) is 11.1 Å². The monoisotopic (exact) mass is 390 g/mol. The van der Waals surface area contributed by atoms with E-state index in [2.05, 4.69) is 21.9 Å². The van der Waals surface area contributed by atoms with Gasteiger partial charge in [0.15, 0.2) is 0 Å². The highest BCUT2D eigenvalue weighted by molar-refractivity contribution is 5.98. The quantitative estimate of drug-likeness (QED) is 0.737. The maximum atomic E-state index is 14.1. The van der Waals surface area contributed by atoms with E-state index in [1.54, 1.807) is 36.4 Å². The predicted octanol–water partition coefficient (Wildman–Crippen LogP) is 3.53. The summed E-state index contributed by atoms with van der Waals surface area (Å²) in [5.41, 5.74) is 9.83. The maximum Gasteiger partial charge on any atom is 0.258 e. The number of aryl methyl sites for hydroxylation is 1. The molecule has 3 aromatic rings. The molecule has 1 aromatic carbocycles. The highest BCUT2D eigenvalue weighted by Crippen LogP contribution is 2.38. The van der Waals surface area contributed by atoms with Gasteiger partial charge in [-0.1, -0.05) is 19.1 Å². The van der Waals surface area contributed by atoms with Crippen LogP contribution in [0.2, 0.25) is 0 Å². The van der Waals surface area contributed by atoms with E-state index >= 15 is 0 Å². The van der Waals surface area contributed by atoms with Gasteiger partial charge in [0.1, 0.15) is 5.82 Å². The molecule has 29 heavy (non-hydrogen) atoms. The Hall–Kier alpha value is -3.35. The Balaban J connectivity index is 1.89. The molecule has 0 saturated carbocycles. The maximum absolute atomic E-state index is 14.1. The fraction of sp³-hybridized carbons (Fsp3) is 0.227. The topological polar surface area (TPSA) is 85.0 Å². The molecular formula is C22H21FN5O. The van der Waals surface area contributed by atoms with Gasteiger partial charge in [0, 0.05) is 30.9 Å². The number of rotatable bonds is 4. The molecule has 0 aliphatic carbocycles. The van der Waals surface area contributed by atoms with E-state index in [4.69, 9.17) is 5.73 Å². The fourth-order valence-electron chi connectivity index (χ4n) is 3.96. The number of nitrogen functional groups attached to an aromatic ring is 1. The normalized spacial score (nSPS) is 16.0.